The quantitative estimate of drug-likeness (QED) is 0.0211. The zero-order valence-electron chi connectivity index (χ0n) is 41.9. The number of rotatable bonds is 37. The third kappa shape index (κ3) is 37.6. The molecule has 0 spiro atoms. The summed E-state index contributed by atoms with van der Waals surface area (Å²) in [6.07, 6.45) is 11.0. The van der Waals surface area contributed by atoms with Crippen molar-refractivity contribution in [3.8, 4) is 0 Å². The Morgan fingerprint density at radius 1 is 0.478 bits per heavy atom. The molecule has 0 saturated heterocycles. The van der Waals surface area contributed by atoms with Crippen molar-refractivity contribution in [1.29, 1.82) is 0 Å². The van der Waals surface area contributed by atoms with Crippen LogP contribution in [0.5, 0.6) is 0 Å². The molecule has 5 amide bonds. The van der Waals surface area contributed by atoms with Crippen LogP contribution in [0.2, 0.25) is 0 Å². The maximum Gasteiger partial charge on any atom is 0.334 e. The second-order valence-corrected chi connectivity index (χ2v) is 25.3. The number of carbonyl (C=O) groups is 5. The van der Waals surface area contributed by atoms with Gasteiger partial charge in [0.25, 0.3) is 0 Å². The number of nitrogens with zero attached hydrogens (tertiary/aromatic N) is 3. The van der Waals surface area contributed by atoms with Gasteiger partial charge in [-0.25, -0.2) is 0 Å². The van der Waals surface area contributed by atoms with E-state index >= 15 is 0 Å². The van der Waals surface area contributed by atoms with Crippen LogP contribution in [-0.4, -0.2) is 161 Å². The summed E-state index contributed by atoms with van der Waals surface area (Å²) in [5.74, 6) is -2.74. The van der Waals surface area contributed by atoms with E-state index in [1.165, 1.54) is 18.5 Å². The molecule has 0 rings (SSSR count). The molecule has 0 bridgehead atoms. The number of amides is 5. The molecule has 9 N–H and O–H groups in total. The predicted octanol–water partition coefficient (Wildman–Crippen LogP) is 5.48. The summed E-state index contributed by atoms with van der Waals surface area (Å²) >= 11 is 0. The van der Waals surface area contributed by atoms with Gasteiger partial charge in [-0.05, 0) is 52.9 Å². The Morgan fingerprint density at radius 2 is 0.812 bits per heavy atom. The van der Waals surface area contributed by atoms with Crippen molar-refractivity contribution >= 4 is 59.7 Å². The molecule has 69 heavy (non-hydrogen) atoms. The first-order valence-electron chi connectivity index (χ1n) is 23.6. The summed E-state index contributed by atoms with van der Waals surface area (Å²) < 4.78 is 45.8. The van der Waals surface area contributed by atoms with Crippen molar-refractivity contribution in [1.82, 2.24) is 25.3 Å². The summed E-state index contributed by atoms with van der Waals surface area (Å²) in [6, 6.07) is -0.929. The fourth-order valence-electron chi connectivity index (χ4n) is 7.19. The molecule has 0 aliphatic carbocycles. The van der Waals surface area contributed by atoms with Crippen molar-refractivity contribution in [2.45, 2.75) is 143 Å². The van der Waals surface area contributed by atoms with E-state index < -0.39 is 66.2 Å². The lowest BCUT2D eigenvalue weighted by molar-refractivity contribution is -0.129. The lowest BCUT2D eigenvalue weighted by Crippen LogP contribution is -2.44. The second kappa shape index (κ2) is 35.3. The Hall–Kier alpha value is -2.79. The number of unbranched alkanes of at least 4 members (excludes halogenated alkanes) is 10. The molecule has 0 fully saturated rings. The molecule has 0 radical (unpaired) electrons. The highest BCUT2D eigenvalue weighted by molar-refractivity contribution is 7.57. The number of nitrogens with one attached hydrogen (secondary N) is 2. The summed E-state index contributed by atoms with van der Waals surface area (Å²) in [6.45, 7) is 22.0. The number of carbonyl (C=O) groups excluding carboxylic acids is 5. The first-order valence-corrected chi connectivity index (χ1v) is 31.3. The van der Waals surface area contributed by atoms with E-state index in [2.05, 4.69) is 44.2 Å². The summed E-state index contributed by atoms with van der Waals surface area (Å²) in [4.78, 5) is 130. The van der Waals surface area contributed by atoms with Gasteiger partial charge >= 0.3 is 22.8 Å². The molecule has 3 unspecified atom stereocenters. The second-order valence-electron chi connectivity index (χ2n) is 17.8. The average Bonchev–Trinajstić information content (AvgIpc) is 3.19. The van der Waals surface area contributed by atoms with Gasteiger partial charge in [0.05, 0.1) is 6.16 Å². The maximum atomic E-state index is 13.1. The van der Waals surface area contributed by atoms with Gasteiger partial charge in [-0.1, -0.05) is 97.8 Å². The fourth-order valence-corrected chi connectivity index (χ4v) is 10.2. The largest absolute Gasteiger partial charge is 0.354 e. The summed E-state index contributed by atoms with van der Waals surface area (Å²) in [5.41, 5.74) is 0.903. The van der Waals surface area contributed by atoms with Gasteiger partial charge in [-0.15, -0.1) is 0 Å². The van der Waals surface area contributed by atoms with Crippen LogP contribution in [0.15, 0.2) is 36.5 Å². The molecule has 21 nitrogen and oxygen atoms in total. The third-order valence-corrected chi connectivity index (χ3v) is 13.9. The van der Waals surface area contributed by atoms with E-state index in [0.29, 0.717) is 56.3 Å². The van der Waals surface area contributed by atoms with Crippen LogP contribution in [0.4, 0.5) is 0 Å². The third-order valence-electron chi connectivity index (χ3n) is 10.5. The fraction of sp³-hybridized carbons (Fsp3) is 0.750. The molecule has 25 heteroatoms. The van der Waals surface area contributed by atoms with Crippen molar-refractivity contribution in [2.75, 3.05) is 70.6 Å². The molecular formula is C44H85N5O16P4. The molecule has 0 aromatic carbocycles. The Bertz CT molecular complexity index is 1730. The Kier molecular flexibility index (Phi) is 35.0. The Balaban J connectivity index is 0. The van der Waals surface area contributed by atoms with Gasteiger partial charge in [0.15, 0.2) is 7.37 Å². The molecule has 3 atom stereocenters. The van der Waals surface area contributed by atoms with Crippen LogP contribution in [0.25, 0.3) is 0 Å². The Labute approximate surface area is 410 Å². The van der Waals surface area contributed by atoms with E-state index in [4.69, 9.17) is 19.6 Å². The molecular weight excluding hydrogens is 978 g/mol. The van der Waals surface area contributed by atoms with Gasteiger partial charge in [-0.3, -0.25) is 42.2 Å². The lowest BCUT2D eigenvalue weighted by Gasteiger charge is -2.34. The minimum atomic E-state index is -4.48. The monoisotopic (exact) mass is 1060 g/mol. The Morgan fingerprint density at radius 3 is 1.12 bits per heavy atom. The first-order chi connectivity index (χ1) is 31.7. The number of hydrogen-bond donors (Lipinski definition) is 9. The first kappa shape index (κ1) is 68.3. The number of hydrogen-bond acceptors (Lipinski definition) is 9. The average molecular weight is 1060 g/mol. The molecule has 0 saturated carbocycles. The van der Waals surface area contributed by atoms with Gasteiger partial charge in [0.2, 0.25) is 29.5 Å². The minimum Gasteiger partial charge on any atom is -0.354 e. The van der Waals surface area contributed by atoms with Crippen LogP contribution >= 0.6 is 30.2 Å². The molecule has 0 aliphatic heterocycles. The van der Waals surface area contributed by atoms with Crippen molar-refractivity contribution in [3.05, 3.63) is 36.5 Å². The van der Waals surface area contributed by atoms with Gasteiger partial charge in [0.1, 0.15) is 12.3 Å². The van der Waals surface area contributed by atoms with Gasteiger partial charge in [0, 0.05) is 80.9 Å². The van der Waals surface area contributed by atoms with Crippen molar-refractivity contribution < 1.29 is 76.5 Å². The van der Waals surface area contributed by atoms with Crippen molar-refractivity contribution in [3.63, 3.8) is 0 Å². The smallest absolute Gasteiger partial charge is 0.334 e. The van der Waals surface area contributed by atoms with Crippen LogP contribution in [0.3, 0.4) is 0 Å². The van der Waals surface area contributed by atoms with Crippen LogP contribution < -0.4 is 10.6 Å². The van der Waals surface area contributed by atoms with Gasteiger partial charge in [-0.2, -0.15) is 0 Å². The highest BCUT2D eigenvalue weighted by Gasteiger charge is 2.31. The molecule has 0 aliphatic rings. The molecule has 402 valence electrons. The highest BCUT2D eigenvalue weighted by Crippen LogP contribution is 2.39. The minimum absolute atomic E-state index is 0.0209. The molecule has 0 heterocycles. The van der Waals surface area contributed by atoms with Crippen molar-refractivity contribution in [2.24, 2.45) is 0 Å². The van der Waals surface area contributed by atoms with Gasteiger partial charge < -0.3 is 59.6 Å². The predicted molar refractivity (Wildman–Crippen MR) is 270 cm³/mol. The molecule has 0 aromatic heterocycles. The van der Waals surface area contributed by atoms with E-state index in [1.54, 1.807) is 23.6 Å². The van der Waals surface area contributed by atoms with Crippen LogP contribution in [0.1, 0.15) is 131 Å². The topological polar surface area (TPSA) is 329 Å². The zero-order chi connectivity index (χ0) is 53.6. The summed E-state index contributed by atoms with van der Waals surface area (Å²) in [5, 5.41) is 4.50. The van der Waals surface area contributed by atoms with E-state index in [9.17, 15) is 56.9 Å². The van der Waals surface area contributed by atoms with Crippen LogP contribution in [-0.2, 0) is 42.2 Å². The normalized spacial score (nSPS) is 13.4. The van der Waals surface area contributed by atoms with E-state index in [1.807, 2.05) is 0 Å². The standard InChI is InChI=1S/C32H62N2O7P2.C12H23N3O9P2/c1-8-10-12-14-17-21-29(25-42(7,37)38)33(31(35)27(3)4)23-19-16-20-24-34(32(36)28(5)6)30(26-43(39,40)41)22-18-15-13-11-9-2;1-9(2)12(18)15(5-3-13-10(16)7-25(19,20)21)6-4-14-11(17)8-26(22,23)24/h29-30H,3,5,8-26H2,1-2,4,6-7H3,(H,37,38)(H2,39,40,41);1,3-8H2,2H3,(H,13,16)(H,14,17)(H2,19,20,21)(H2,22,23,24). The lowest BCUT2D eigenvalue weighted by atomic mass is 10.0. The highest BCUT2D eigenvalue weighted by atomic mass is 31.2. The molecule has 0 aromatic rings. The SMILES string of the molecule is C=C(C)C(=O)N(CCCCCN(C(=O)C(=C)C)C(CCCCCCC)CP(=O)(O)O)C(CCCCCCC)CP(C)(=O)O.C=C(C)C(=O)N(CCNC(=O)CP(=O)(O)O)CCNC(=O)CP(=O)(O)O. The van der Waals surface area contributed by atoms with E-state index in [0.717, 1.165) is 64.2 Å². The summed E-state index contributed by atoms with van der Waals surface area (Å²) in [7, 11) is -16.7. The van der Waals surface area contributed by atoms with E-state index in [-0.39, 0.29) is 61.9 Å². The zero-order valence-corrected chi connectivity index (χ0v) is 45.5. The van der Waals surface area contributed by atoms with Crippen LogP contribution in [0, 0.1) is 0 Å². The maximum absolute atomic E-state index is 13.1.